The molecule has 0 aliphatic carbocycles. The topological polar surface area (TPSA) is 37.4 Å². The fraction of sp³-hybridized carbons (Fsp3) is 0.471. The van der Waals surface area contributed by atoms with Crippen LogP contribution >= 0.6 is 0 Å². The molecule has 2 aromatic rings. The van der Waals surface area contributed by atoms with Crippen LogP contribution in [0.25, 0.3) is 10.8 Å². The van der Waals surface area contributed by atoms with Gasteiger partial charge in [-0.15, -0.1) is 0 Å². The summed E-state index contributed by atoms with van der Waals surface area (Å²) in [5, 5.41) is 5.95. The van der Waals surface area contributed by atoms with E-state index in [1.165, 1.54) is 0 Å². The van der Waals surface area contributed by atoms with Gasteiger partial charge in [-0.3, -0.25) is 0 Å². The minimum Gasteiger partial charge on any atom is -0.497 e. The van der Waals surface area contributed by atoms with Crippen molar-refractivity contribution in [2.45, 2.75) is 31.8 Å². The molecule has 3 rings (SSSR count). The van der Waals surface area contributed by atoms with Crippen molar-refractivity contribution in [3.63, 3.8) is 0 Å². The molecule has 1 N–H and O–H groups in total. The Morgan fingerprint density at radius 1 is 1.33 bits per heavy atom. The Kier molecular flexibility index (Phi) is 3.97. The highest BCUT2D eigenvalue weighted by atomic mass is 16.5. The van der Waals surface area contributed by atoms with E-state index < -0.39 is 0 Å². The molecule has 4 heteroatoms. The maximum atomic E-state index is 5.29. The summed E-state index contributed by atoms with van der Waals surface area (Å²) in [6.07, 6.45) is 4.18. The largest absolute Gasteiger partial charge is 0.497 e. The highest BCUT2D eigenvalue weighted by Crippen LogP contribution is 2.27. The van der Waals surface area contributed by atoms with Gasteiger partial charge in [-0.1, -0.05) is 0 Å². The van der Waals surface area contributed by atoms with E-state index in [1.807, 2.05) is 18.3 Å². The SMILES string of the molecule is COc1ccc2c(NC3CCN(C)C(C)C3)nccc2c1. The van der Waals surface area contributed by atoms with Crippen LogP contribution in [0.3, 0.4) is 0 Å². The predicted octanol–water partition coefficient (Wildman–Crippen LogP) is 3.14. The summed E-state index contributed by atoms with van der Waals surface area (Å²) in [6.45, 7) is 3.42. The van der Waals surface area contributed by atoms with Gasteiger partial charge < -0.3 is 15.0 Å². The first kappa shape index (κ1) is 14.1. The summed E-state index contributed by atoms with van der Waals surface area (Å²) >= 11 is 0. The van der Waals surface area contributed by atoms with E-state index in [2.05, 4.69) is 41.3 Å². The highest BCUT2D eigenvalue weighted by Gasteiger charge is 2.23. The molecular formula is C17H23N3O. The average Bonchev–Trinajstić information content (AvgIpc) is 2.50. The molecule has 4 nitrogen and oxygen atoms in total. The Morgan fingerprint density at radius 2 is 2.19 bits per heavy atom. The van der Waals surface area contributed by atoms with E-state index in [4.69, 9.17) is 4.74 Å². The van der Waals surface area contributed by atoms with Gasteiger partial charge >= 0.3 is 0 Å². The van der Waals surface area contributed by atoms with Crippen molar-refractivity contribution in [2.75, 3.05) is 26.0 Å². The Balaban J connectivity index is 1.84. The summed E-state index contributed by atoms with van der Waals surface area (Å²) in [4.78, 5) is 6.95. The molecule has 0 bridgehead atoms. The van der Waals surface area contributed by atoms with Gasteiger partial charge in [0.15, 0.2) is 0 Å². The zero-order valence-electron chi connectivity index (χ0n) is 13.0. The fourth-order valence-electron chi connectivity index (χ4n) is 3.01. The van der Waals surface area contributed by atoms with Crippen molar-refractivity contribution in [3.05, 3.63) is 30.5 Å². The molecule has 0 spiro atoms. The van der Waals surface area contributed by atoms with Crippen molar-refractivity contribution in [3.8, 4) is 5.75 Å². The second-order valence-corrected chi connectivity index (χ2v) is 5.94. The van der Waals surface area contributed by atoms with E-state index in [1.54, 1.807) is 7.11 Å². The molecule has 2 heterocycles. The van der Waals surface area contributed by atoms with Gasteiger partial charge in [0.2, 0.25) is 0 Å². The number of hydrogen-bond acceptors (Lipinski definition) is 4. The quantitative estimate of drug-likeness (QED) is 0.940. The highest BCUT2D eigenvalue weighted by molar-refractivity contribution is 5.92. The van der Waals surface area contributed by atoms with Crippen LogP contribution < -0.4 is 10.1 Å². The Labute approximate surface area is 126 Å². The molecule has 2 atom stereocenters. The summed E-state index contributed by atoms with van der Waals surface area (Å²) in [5.74, 6) is 1.87. The summed E-state index contributed by atoms with van der Waals surface area (Å²) in [7, 11) is 3.89. The van der Waals surface area contributed by atoms with Crippen LogP contribution in [0.2, 0.25) is 0 Å². The van der Waals surface area contributed by atoms with Crippen LogP contribution in [-0.2, 0) is 0 Å². The third-order valence-electron chi connectivity index (χ3n) is 4.52. The Bertz CT molecular complexity index is 628. The molecule has 1 aromatic heterocycles. The maximum Gasteiger partial charge on any atom is 0.134 e. The fourth-order valence-corrected chi connectivity index (χ4v) is 3.01. The van der Waals surface area contributed by atoms with Crippen molar-refractivity contribution in [1.29, 1.82) is 0 Å². The molecule has 0 saturated carbocycles. The first-order chi connectivity index (χ1) is 10.2. The second kappa shape index (κ2) is 5.90. The molecule has 0 radical (unpaired) electrons. The molecule has 1 aliphatic rings. The predicted molar refractivity (Wildman–Crippen MR) is 87.0 cm³/mol. The van der Waals surface area contributed by atoms with E-state index in [0.29, 0.717) is 12.1 Å². The van der Waals surface area contributed by atoms with Gasteiger partial charge in [0.1, 0.15) is 11.6 Å². The van der Waals surface area contributed by atoms with Crippen molar-refractivity contribution in [1.82, 2.24) is 9.88 Å². The minimum atomic E-state index is 0.497. The molecule has 21 heavy (non-hydrogen) atoms. The molecular weight excluding hydrogens is 262 g/mol. The molecule has 112 valence electrons. The zero-order chi connectivity index (χ0) is 14.8. The monoisotopic (exact) mass is 285 g/mol. The Morgan fingerprint density at radius 3 is 2.95 bits per heavy atom. The van der Waals surface area contributed by atoms with Gasteiger partial charge in [0.05, 0.1) is 7.11 Å². The number of hydrogen-bond donors (Lipinski definition) is 1. The standard InChI is InChI=1S/C17H23N3O/c1-12-10-14(7-9-20(12)2)19-17-16-5-4-15(21-3)11-13(16)6-8-18-17/h4-6,8,11-12,14H,7,9-10H2,1-3H3,(H,18,19). The molecule has 0 amide bonds. The van der Waals surface area contributed by atoms with Gasteiger partial charge in [0, 0.05) is 30.2 Å². The number of fused-ring (bicyclic) bond motifs is 1. The summed E-state index contributed by atoms with van der Waals surface area (Å²) < 4.78 is 5.29. The molecule has 1 saturated heterocycles. The molecule has 2 unspecified atom stereocenters. The van der Waals surface area contributed by atoms with Crippen molar-refractivity contribution < 1.29 is 4.74 Å². The number of piperidine rings is 1. The minimum absolute atomic E-state index is 0.497. The van der Waals surface area contributed by atoms with Crippen LogP contribution in [-0.4, -0.2) is 42.7 Å². The second-order valence-electron chi connectivity index (χ2n) is 5.94. The van der Waals surface area contributed by atoms with Crippen molar-refractivity contribution >= 4 is 16.6 Å². The van der Waals surface area contributed by atoms with Crippen LogP contribution in [0.4, 0.5) is 5.82 Å². The van der Waals surface area contributed by atoms with Gasteiger partial charge in [-0.25, -0.2) is 4.98 Å². The lowest BCUT2D eigenvalue weighted by Crippen LogP contribution is -2.42. The summed E-state index contributed by atoms with van der Waals surface area (Å²) in [5.41, 5.74) is 0. The number of nitrogens with one attached hydrogen (secondary N) is 1. The number of aromatic nitrogens is 1. The maximum absolute atomic E-state index is 5.29. The number of rotatable bonds is 3. The number of ether oxygens (including phenoxy) is 1. The lowest BCUT2D eigenvalue weighted by atomic mass is 9.98. The van der Waals surface area contributed by atoms with E-state index in [0.717, 1.165) is 41.7 Å². The van der Waals surface area contributed by atoms with Crippen molar-refractivity contribution in [2.24, 2.45) is 0 Å². The number of benzene rings is 1. The van der Waals surface area contributed by atoms with Crippen LogP contribution in [0.5, 0.6) is 5.75 Å². The van der Waals surface area contributed by atoms with Crippen LogP contribution in [0, 0.1) is 0 Å². The van der Waals surface area contributed by atoms with Crippen LogP contribution in [0.15, 0.2) is 30.5 Å². The number of likely N-dealkylation sites (tertiary alicyclic amines) is 1. The number of methoxy groups -OCH3 is 1. The average molecular weight is 285 g/mol. The Hall–Kier alpha value is -1.81. The normalized spacial score (nSPS) is 23.2. The third kappa shape index (κ3) is 2.95. The van der Waals surface area contributed by atoms with Gasteiger partial charge in [-0.2, -0.15) is 0 Å². The van der Waals surface area contributed by atoms with Gasteiger partial charge in [-0.05, 0) is 56.5 Å². The first-order valence-electron chi connectivity index (χ1n) is 7.57. The van der Waals surface area contributed by atoms with E-state index in [9.17, 15) is 0 Å². The van der Waals surface area contributed by atoms with E-state index >= 15 is 0 Å². The lowest BCUT2D eigenvalue weighted by molar-refractivity contribution is 0.190. The zero-order valence-corrected chi connectivity index (χ0v) is 13.0. The van der Waals surface area contributed by atoms with Gasteiger partial charge in [0.25, 0.3) is 0 Å². The lowest BCUT2D eigenvalue weighted by Gasteiger charge is -2.35. The summed E-state index contributed by atoms with van der Waals surface area (Å²) in [6, 6.07) is 9.27. The molecule has 1 aliphatic heterocycles. The van der Waals surface area contributed by atoms with Crippen LogP contribution in [0.1, 0.15) is 19.8 Å². The molecule has 1 aromatic carbocycles. The number of pyridine rings is 1. The first-order valence-corrected chi connectivity index (χ1v) is 7.57. The number of anilines is 1. The third-order valence-corrected chi connectivity index (χ3v) is 4.52. The molecule has 1 fully saturated rings. The smallest absolute Gasteiger partial charge is 0.134 e. The van der Waals surface area contributed by atoms with E-state index in [-0.39, 0.29) is 0 Å². The number of nitrogens with zero attached hydrogens (tertiary/aromatic N) is 2.